The van der Waals surface area contributed by atoms with Gasteiger partial charge in [-0.15, -0.1) is 0 Å². The maximum absolute atomic E-state index is 12.1. The molecule has 2 N–H and O–H groups in total. The predicted molar refractivity (Wildman–Crippen MR) is 86.6 cm³/mol. The molecule has 2 rings (SSSR count). The van der Waals surface area contributed by atoms with Crippen molar-refractivity contribution in [3.63, 3.8) is 0 Å². The number of aromatic nitrogens is 2. The van der Waals surface area contributed by atoms with Crippen LogP contribution in [0.5, 0.6) is 0 Å². The van der Waals surface area contributed by atoms with Crippen LogP contribution in [-0.2, 0) is 16.0 Å². The number of rotatable bonds is 8. The van der Waals surface area contributed by atoms with E-state index in [2.05, 4.69) is 15.5 Å². The molecule has 0 saturated carbocycles. The molecule has 1 amide bonds. The van der Waals surface area contributed by atoms with E-state index in [4.69, 9.17) is 21.2 Å². The van der Waals surface area contributed by atoms with E-state index in [1.807, 2.05) is 0 Å². The Kier molecular flexibility index (Phi) is 6.31. The van der Waals surface area contributed by atoms with Gasteiger partial charge in [-0.2, -0.15) is 4.98 Å². The fourth-order valence-corrected chi connectivity index (χ4v) is 2.36. The molecule has 1 aromatic carbocycles. The Bertz CT molecular complexity index is 700. The maximum atomic E-state index is 12.1. The lowest BCUT2D eigenvalue weighted by atomic mass is 10.0. The fourth-order valence-electron chi connectivity index (χ4n) is 2.23. The number of carboxylic acid groups (broad SMARTS) is 1. The number of hydrogen-bond acceptors (Lipinski definition) is 5. The number of amides is 1. The summed E-state index contributed by atoms with van der Waals surface area (Å²) in [5, 5.41) is 16.0. The Morgan fingerprint density at radius 3 is 2.62 bits per heavy atom. The first kappa shape index (κ1) is 17.9. The molecule has 0 radical (unpaired) electrons. The van der Waals surface area contributed by atoms with Crippen LogP contribution >= 0.6 is 11.6 Å². The van der Waals surface area contributed by atoms with Crippen molar-refractivity contribution in [1.82, 2.24) is 15.5 Å². The van der Waals surface area contributed by atoms with Gasteiger partial charge < -0.3 is 14.9 Å². The lowest BCUT2D eigenvalue weighted by Gasteiger charge is -2.17. The quantitative estimate of drug-likeness (QED) is 0.757. The Hall–Kier alpha value is -2.41. The van der Waals surface area contributed by atoms with Crippen LogP contribution in [0.4, 0.5) is 0 Å². The zero-order chi connectivity index (χ0) is 17.5. The van der Waals surface area contributed by atoms with Crippen molar-refractivity contribution < 1.29 is 19.2 Å². The minimum absolute atomic E-state index is 0.198. The number of nitrogens with one attached hydrogen (secondary N) is 1. The highest BCUT2D eigenvalue weighted by molar-refractivity contribution is 6.30. The number of benzene rings is 1. The predicted octanol–water partition coefficient (Wildman–Crippen LogP) is 2.69. The molecule has 1 atom stereocenters. The Balaban J connectivity index is 1.89. The number of carbonyl (C=O) groups excluding carboxylic acids is 1. The molecule has 1 heterocycles. The van der Waals surface area contributed by atoms with Crippen LogP contribution in [0.15, 0.2) is 28.8 Å². The summed E-state index contributed by atoms with van der Waals surface area (Å²) in [4.78, 5) is 27.2. The zero-order valence-corrected chi connectivity index (χ0v) is 13.9. The molecule has 0 spiro atoms. The third-order valence-electron chi connectivity index (χ3n) is 3.35. The van der Waals surface area contributed by atoms with Crippen LogP contribution < -0.4 is 5.32 Å². The molecule has 8 heteroatoms. The molecule has 0 aliphatic heterocycles. The lowest BCUT2D eigenvalue weighted by Crippen LogP contribution is -2.30. The van der Waals surface area contributed by atoms with E-state index >= 15 is 0 Å². The van der Waals surface area contributed by atoms with Crippen molar-refractivity contribution >= 4 is 23.5 Å². The average Bonchev–Trinajstić information content (AvgIpc) is 2.92. The second-order valence-electron chi connectivity index (χ2n) is 5.36. The maximum Gasteiger partial charge on any atom is 0.305 e. The number of carboxylic acids is 1. The van der Waals surface area contributed by atoms with Crippen LogP contribution in [0.3, 0.4) is 0 Å². The molecular formula is C16H18ClN3O4. The average molecular weight is 352 g/mol. The lowest BCUT2D eigenvalue weighted by molar-refractivity contribution is -0.137. The number of carbonyl (C=O) groups is 2. The van der Waals surface area contributed by atoms with E-state index in [1.165, 1.54) is 0 Å². The molecule has 0 bridgehead atoms. The largest absolute Gasteiger partial charge is 0.481 e. The van der Waals surface area contributed by atoms with Crippen LogP contribution in [0.1, 0.15) is 42.6 Å². The van der Waals surface area contributed by atoms with Crippen molar-refractivity contribution in [3.8, 4) is 0 Å². The smallest absolute Gasteiger partial charge is 0.305 e. The van der Waals surface area contributed by atoms with Crippen molar-refractivity contribution in [1.29, 1.82) is 0 Å². The Morgan fingerprint density at radius 2 is 2.04 bits per heavy atom. The van der Waals surface area contributed by atoms with Gasteiger partial charge in [0.15, 0.2) is 5.82 Å². The summed E-state index contributed by atoms with van der Waals surface area (Å²) in [6, 6.07) is 6.14. The van der Waals surface area contributed by atoms with Crippen molar-refractivity contribution in [2.75, 3.05) is 0 Å². The summed E-state index contributed by atoms with van der Waals surface area (Å²) in [6.45, 7) is 1.72. The van der Waals surface area contributed by atoms with Crippen LogP contribution in [0, 0.1) is 6.92 Å². The topological polar surface area (TPSA) is 105 Å². The summed E-state index contributed by atoms with van der Waals surface area (Å²) in [5.74, 6) is -0.178. The van der Waals surface area contributed by atoms with Gasteiger partial charge in [0.1, 0.15) is 0 Å². The molecule has 0 aliphatic carbocycles. The van der Waals surface area contributed by atoms with E-state index in [1.54, 1.807) is 31.2 Å². The van der Waals surface area contributed by atoms with Gasteiger partial charge in [0.2, 0.25) is 11.8 Å². The SMILES string of the molecule is Cc1noc(CCCC(=O)N[C@@H](CC(=O)O)c2ccc(Cl)cc2)n1. The highest BCUT2D eigenvalue weighted by Crippen LogP contribution is 2.20. The van der Waals surface area contributed by atoms with Gasteiger partial charge in [-0.05, 0) is 31.0 Å². The molecule has 1 aromatic heterocycles. The van der Waals surface area contributed by atoms with Gasteiger partial charge in [0.25, 0.3) is 0 Å². The van der Waals surface area contributed by atoms with Gasteiger partial charge in [-0.25, -0.2) is 0 Å². The first-order valence-electron chi connectivity index (χ1n) is 7.50. The molecule has 2 aromatic rings. The number of hydrogen-bond donors (Lipinski definition) is 2. The first-order chi connectivity index (χ1) is 11.4. The van der Waals surface area contributed by atoms with Crippen LogP contribution in [0.2, 0.25) is 5.02 Å². The molecule has 128 valence electrons. The monoisotopic (exact) mass is 351 g/mol. The number of aliphatic carboxylic acids is 1. The van der Waals surface area contributed by atoms with Crippen LogP contribution in [-0.4, -0.2) is 27.1 Å². The van der Waals surface area contributed by atoms with E-state index in [9.17, 15) is 9.59 Å². The summed E-state index contributed by atoms with van der Waals surface area (Å²) in [6.07, 6.45) is 1.08. The molecule has 24 heavy (non-hydrogen) atoms. The minimum atomic E-state index is -0.989. The molecule has 7 nitrogen and oxygen atoms in total. The summed E-state index contributed by atoms with van der Waals surface area (Å²) in [5.41, 5.74) is 0.697. The zero-order valence-electron chi connectivity index (χ0n) is 13.2. The number of nitrogens with zero attached hydrogens (tertiary/aromatic N) is 2. The minimum Gasteiger partial charge on any atom is -0.481 e. The molecule has 0 unspecified atom stereocenters. The van der Waals surface area contributed by atoms with Gasteiger partial charge in [-0.3, -0.25) is 9.59 Å². The van der Waals surface area contributed by atoms with Crippen molar-refractivity contribution in [2.24, 2.45) is 0 Å². The molecule has 0 saturated heterocycles. The van der Waals surface area contributed by atoms with E-state index in [0.717, 1.165) is 0 Å². The second kappa shape index (κ2) is 8.44. The van der Waals surface area contributed by atoms with Crippen molar-refractivity contribution in [2.45, 2.75) is 38.6 Å². The Labute approximate surface area is 144 Å². The highest BCUT2D eigenvalue weighted by Gasteiger charge is 2.18. The number of halogens is 1. The van der Waals surface area contributed by atoms with Gasteiger partial charge in [0, 0.05) is 17.9 Å². The molecule has 0 fully saturated rings. The van der Waals surface area contributed by atoms with Crippen LogP contribution in [0.25, 0.3) is 0 Å². The van der Waals surface area contributed by atoms with Gasteiger partial charge in [-0.1, -0.05) is 28.9 Å². The van der Waals surface area contributed by atoms with Crippen molar-refractivity contribution in [3.05, 3.63) is 46.6 Å². The van der Waals surface area contributed by atoms with E-state index in [0.29, 0.717) is 35.1 Å². The number of aryl methyl sites for hydroxylation is 2. The molecular weight excluding hydrogens is 334 g/mol. The summed E-state index contributed by atoms with van der Waals surface area (Å²) >= 11 is 5.83. The molecule has 0 aliphatic rings. The van der Waals surface area contributed by atoms with Gasteiger partial charge in [0.05, 0.1) is 12.5 Å². The first-order valence-corrected chi connectivity index (χ1v) is 7.87. The third kappa shape index (κ3) is 5.66. The third-order valence-corrected chi connectivity index (χ3v) is 3.60. The normalized spacial score (nSPS) is 11.9. The van der Waals surface area contributed by atoms with E-state index in [-0.39, 0.29) is 18.7 Å². The Morgan fingerprint density at radius 1 is 1.33 bits per heavy atom. The summed E-state index contributed by atoms with van der Waals surface area (Å²) in [7, 11) is 0. The van der Waals surface area contributed by atoms with Gasteiger partial charge >= 0.3 is 5.97 Å². The summed E-state index contributed by atoms with van der Waals surface area (Å²) < 4.78 is 4.98. The fraction of sp³-hybridized carbons (Fsp3) is 0.375. The highest BCUT2D eigenvalue weighted by atomic mass is 35.5. The van der Waals surface area contributed by atoms with E-state index < -0.39 is 12.0 Å². The second-order valence-corrected chi connectivity index (χ2v) is 5.79. The standard InChI is InChI=1S/C16H18ClN3O4/c1-10-18-15(24-20-10)4-2-3-14(21)19-13(9-16(22)23)11-5-7-12(17)8-6-11/h5-8,13H,2-4,9H2,1H3,(H,19,21)(H,22,23)/t13-/m0/s1.